The minimum Gasteiger partial charge on any atom is -0.489 e. The molecule has 1 saturated heterocycles. The SMILES string of the molecule is Cc1ccc(COc2ccc3c(C)c(CCC(=O)N4CC[C@@]5(O)CCCC[C@H]5C4)c(=O)oc3c2)cc1. The van der Waals surface area contributed by atoms with Crippen molar-refractivity contribution < 1.29 is 19.1 Å². The molecule has 6 heteroatoms. The summed E-state index contributed by atoms with van der Waals surface area (Å²) in [5, 5.41) is 11.7. The molecule has 1 aliphatic carbocycles. The maximum Gasteiger partial charge on any atom is 0.339 e. The molecule has 2 heterocycles. The zero-order chi connectivity index (χ0) is 25.3. The number of aliphatic hydroxyl groups is 1. The van der Waals surface area contributed by atoms with Gasteiger partial charge in [-0.2, -0.15) is 0 Å². The fourth-order valence-corrected chi connectivity index (χ4v) is 5.79. The third-order valence-corrected chi connectivity index (χ3v) is 8.15. The van der Waals surface area contributed by atoms with Gasteiger partial charge in [-0.1, -0.05) is 42.7 Å². The van der Waals surface area contributed by atoms with Crippen LogP contribution in [0.2, 0.25) is 0 Å². The molecule has 36 heavy (non-hydrogen) atoms. The number of rotatable bonds is 6. The molecule has 3 aromatic rings. The zero-order valence-electron chi connectivity index (χ0n) is 21.2. The lowest BCUT2D eigenvalue weighted by atomic mass is 9.71. The van der Waals surface area contributed by atoms with E-state index in [9.17, 15) is 14.7 Å². The highest BCUT2D eigenvalue weighted by atomic mass is 16.5. The van der Waals surface area contributed by atoms with E-state index in [0.717, 1.165) is 42.2 Å². The van der Waals surface area contributed by atoms with Crippen LogP contribution < -0.4 is 10.4 Å². The van der Waals surface area contributed by atoms with Crippen LogP contribution in [-0.4, -0.2) is 34.6 Å². The van der Waals surface area contributed by atoms with Gasteiger partial charge in [0.05, 0.1) is 5.60 Å². The number of ether oxygens (including phenoxy) is 1. The van der Waals surface area contributed by atoms with Gasteiger partial charge >= 0.3 is 5.63 Å². The molecule has 2 fully saturated rings. The van der Waals surface area contributed by atoms with Crippen molar-refractivity contribution in [3.8, 4) is 5.75 Å². The molecule has 190 valence electrons. The Balaban J connectivity index is 1.25. The van der Waals surface area contributed by atoms with Gasteiger partial charge in [-0.15, -0.1) is 0 Å². The molecule has 0 unspecified atom stereocenters. The van der Waals surface area contributed by atoms with Crippen molar-refractivity contribution in [2.24, 2.45) is 5.92 Å². The number of likely N-dealkylation sites (tertiary alicyclic amines) is 1. The van der Waals surface area contributed by atoms with E-state index in [4.69, 9.17) is 9.15 Å². The van der Waals surface area contributed by atoms with Gasteiger partial charge in [-0.3, -0.25) is 4.79 Å². The number of hydrogen-bond donors (Lipinski definition) is 1. The maximum absolute atomic E-state index is 13.0. The minimum absolute atomic E-state index is 0.0429. The van der Waals surface area contributed by atoms with Crippen LogP contribution in [0.5, 0.6) is 5.75 Å². The number of hydrogen-bond acceptors (Lipinski definition) is 5. The van der Waals surface area contributed by atoms with Crippen LogP contribution in [0.1, 0.15) is 60.8 Å². The molecule has 0 radical (unpaired) electrons. The number of piperidine rings is 1. The Hall–Kier alpha value is -3.12. The molecule has 2 atom stereocenters. The number of aryl methyl sites for hydroxylation is 2. The number of fused-ring (bicyclic) bond motifs is 2. The summed E-state index contributed by atoms with van der Waals surface area (Å²) >= 11 is 0. The van der Waals surface area contributed by atoms with Crippen LogP contribution in [0, 0.1) is 19.8 Å². The maximum atomic E-state index is 13.0. The molecule has 1 N–H and O–H groups in total. The van der Waals surface area contributed by atoms with Crippen LogP contribution in [0.25, 0.3) is 11.0 Å². The molecule has 2 aromatic carbocycles. The summed E-state index contributed by atoms with van der Waals surface area (Å²) < 4.78 is 11.6. The average Bonchev–Trinajstić information content (AvgIpc) is 2.87. The summed E-state index contributed by atoms with van der Waals surface area (Å²) in [4.78, 5) is 27.7. The Kier molecular flexibility index (Phi) is 6.89. The molecule has 6 nitrogen and oxygen atoms in total. The first kappa shape index (κ1) is 24.6. The van der Waals surface area contributed by atoms with E-state index >= 15 is 0 Å². The Labute approximate surface area is 211 Å². The molecule has 5 rings (SSSR count). The van der Waals surface area contributed by atoms with Crippen LogP contribution in [0.15, 0.2) is 51.7 Å². The fourth-order valence-electron chi connectivity index (χ4n) is 5.79. The van der Waals surface area contributed by atoms with Gasteiger partial charge in [0.15, 0.2) is 0 Å². The Morgan fingerprint density at radius 2 is 1.94 bits per heavy atom. The van der Waals surface area contributed by atoms with Crippen molar-refractivity contribution in [1.82, 2.24) is 4.90 Å². The molecule has 1 amide bonds. The number of carbonyl (C=O) groups excluding carboxylic acids is 1. The van der Waals surface area contributed by atoms with Crippen molar-refractivity contribution in [1.29, 1.82) is 0 Å². The van der Waals surface area contributed by atoms with Crippen molar-refractivity contribution in [3.63, 3.8) is 0 Å². The van der Waals surface area contributed by atoms with Gasteiger partial charge in [0.2, 0.25) is 5.91 Å². The second-order valence-electron chi connectivity index (χ2n) is 10.6. The normalized spacial score (nSPS) is 21.9. The largest absolute Gasteiger partial charge is 0.489 e. The molecule has 1 saturated carbocycles. The quantitative estimate of drug-likeness (QED) is 0.489. The van der Waals surface area contributed by atoms with E-state index in [2.05, 4.69) is 12.1 Å². The molecule has 0 spiro atoms. The first-order valence-corrected chi connectivity index (χ1v) is 13.1. The summed E-state index contributed by atoms with van der Waals surface area (Å²) in [5.41, 5.74) is 3.15. The van der Waals surface area contributed by atoms with Gasteiger partial charge in [0, 0.05) is 42.4 Å². The van der Waals surface area contributed by atoms with Gasteiger partial charge in [-0.25, -0.2) is 4.79 Å². The Morgan fingerprint density at radius 3 is 2.75 bits per heavy atom. The van der Waals surface area contributed by atoms with Crippen LogP contribution in [-0.2, 0) is 17.8 Å². The van der Waals surface area contributed by atoms with Gasteiger partial charge < -0.3 is 19.2 Å². The average molecular weight is 490 g/mol. The summed E-state index contributed by atoms with van der Waals surface area (Å²) in [6.07, 6.45) is 5.26. The standard InChI is InChI=1S/C30H35NO5/c1-20-6-8-22(9-7-20)19-35-24-10-11-25-21(2)26(29(33)36-27(25)17-24)12-13-28(32)31-16-15-30(34)14-4-3-5-23(30)18-31/h6-11,17,23,34H,3-5,12-16,18-19H2,1-2H3/t23-,30-/m0/s1. The number of amides is 1. The van der Waals surface area contributed by atoms with Crippen LogP contribution in [0.3, 0.4) is 0 Å². The Bertz CT molecular complexity index is 1310. The van der Waals surface area contributed by atoms with Gasteiger partial charge in [0.25, 0.3) is 0 Å². The van der Waals surface area contributed by atoms with Crippen molar-refractivity contribution in [3.05, 3.63) is 75.1 Å². The monoisotopic (exact) mass is 489 g/mol. The molecular weight excluding hydrogens is 454 g/mol. The highest BCUT2D eigenvalue weighted by molar-refractivity contribution is 5.83. The fraction of sp³-hybridized carbons (Fsp3) is 0.467. The van der Waals surface area contributed by atoms with E-state index in [1.165, 1.54) is 5.56 Å². The van der Waals surface area contributed by atoms with Gasteiger partial charge in [-0.05, 0) is 62.8 Å². The second kappa shape index (κ2) is 10.1. The lowest BCUT2D eigenvalue weighted by Gasteiger charge is -2.47. The Morgan fingerprint density at radius 1 is 1.14 bits per heavy atom. The topological polar surface area (TPSA) is 80.0 Å². The smallest absolute Gasteiger partial charge is 0.339 e. The number of carbonyl (C=O) groups is 1. The first-order valence-electron chi connectivity index (χ1n) is 13.1. The third kappa shape index (κ3) is 5.05. The number of benzene rings is 2. The summed E-state index contributed by atoms with van der Waals surface area (Å²) in [5.74, 6) is 0.849. The molecule has 2 aliphatic rings. The van der Waals surface area contributed by atoms with Crippen LogP contribution in [0.4, 0.5) is 0 Å². The molecule has 1 aromatic heterocycles. The summed E-state index contributed by atoms with van der Waals surface area (Å²) in [6, 6.07) is 13.7. The highest BCUT2D eigenvalue weighted by Gasteiger charge is 2.43. The zero-order valence-corrected chi connectivity index (χ0v) is 21.2. The van der Waals surface area contributed by atoms with Crippen molar-refractivity contribution in [2.75, 3.05) is 13.1 Å². The number of nitrogens with zero attached hydrogens (tertiary/aromatic N) is 1. The van der Waals surface area contributed by atoms with E-state index in [-0.39, 0.29) is 18.2 Å². The first-order chi connectivity index (χ1) is 17.3. The summed E-state index contributed by atoms with van der Waals surface area (Å²) in [7, 11) is 0. The predicted molar refractivity (Wildman–Crippen MR) is 139 cm³/mol. The van der Waals surface area contributed by atoms with E-state index in [1.54, 1.807) is 6.07 Å². The van der Waals surface area contributed by atoms with E-state index in [1.807, 2.05) is 43.0 Å². The lowest BCUT2D eigenvalue weighted by Crippen LogP contribution is -2.54. The van der Waals surface area contributed by atoms with Gasteiger partial charge in [0.1, 0.15) is 17.9 Å². The van der Waals surface area contributed by atoms with Crippen molar-refractivity contribution >= 4 is 16.9 Å². The third-order valence-electron chi connectivity index (χ3n) is 8.15. The van der Waals surface area contributed by atoms with E-state index < -0.39 is 11.2 Å². The van der Waals surface area contributed by atoms with Crippen LogP contribution >= 0.6 is 0 Å². The lowest BCUT2D eigenvalue weighted by molar-refractivity contribution is -0.143. The highest BCUT2D eigenvalue weighted by Crippen LogP contribution is 2.40. The summed E-state index contributed by atoms with van der Waals surface area (Å²) in [6.45, 7) is 5.60. The molecular formula is C30H35NO5. The predicted octanol–water partition coefficient (Wildman–Crippen LogP) is 5.08. The second-order valence-corrected chi connectivity index (χ2v) is 10.6. The molecule has 1 aliphatic heterocycles. The minimum atomic E-state index is -0.603. The van der Waals surface area contributed by atoms with E-state index in [0.29, 0.717) is 49.4 Å². The van der Waals surface area contributed by atoms with Crippen molar-refractivity contribution in [2.45, 2.75) is 71.0 Å². The molecule has 0 bridgehead atoms.